The van der Waals surface area contributed by atoms with Gasteiger partial charge in [-0.25, -0.2) is 0 Å². The largest absolute Gasteiger partial charge is 0.369 e. The molecule has 0 spiro atoms. The lowest BCUT2D eigenvalue weighted by atomic mass is 9.97. The third-order valence-corrected chi connectivity index (χ3v) is 11.1. The van der Waals surface area contributed by atoms with Crippen LogP contribution in [0, 0.1) is 5.92 Å². The molecule has 0 aromatic heterocycles. The second kappa shape index (κ2) is 40.7. The molecule has 4 heteroatoms. The number of carbonyl (C=O) groups excluding carboxylic acids is 2. The first kappa shape index (κ1) is 48.9. The smallest absolute Gasteiger partial charge is 0.235 e. The molecule has 2 N–H and O–H groups in total. The third-order valence-electron chi connectivity index (χ3n) is 11.1. The van der Waals surface area contributed by atoms with Crippen LogP contribution in [0.2, 0.25) is 0 Å². The molecule has 50 heavy (non-hydrogen) atoms. The van der Waals surface area contributed by atoms with Gasteiger partial charge in [-0.2, -0.15) is 0 Å². The van der Waals surface area contributed by atoms with E-state index >= 15 is 0 Å². The van der Waals surface area contributed by atoms with E-state index in [0.717, 1.165) is 38.8 Å². The van der Waals surface area contributed by atoms with E-state index in [0.29, 0.717) is 6.42 Å². The highest BCUT2D eigenvalue weighted by molar-refractivity contribution is 5.99. The van der Waals surface area contributed by atoms with Crippen molar-refractivity contribution in [3.63, 3.8) is 0 Å². The molecule has 0 aromatic rings. The van der Waals surface area contributed by atoms with Gasteiger partial charge in [0.2, 0.25) is 11.8 Å². The molecule has 0 aromatic carbocycles. The predicted octanol–water partition coefficient (Wildman–Crippen LogP) is 14.8. The van der Waals surface area contributed by atoms with Crippen molar-refractivity contribution in [3.8, 4) is 0 Å². The van der Waals surface area contributed by atoms with Crippen molar-refractivity contribution in [1.29, 1.82) is 0 Å². The zero-order chi connectivity index (χ0) is 36.6. The van der Waals surface area contributed by atoms with E-state index < -0.39 is 11.8 Å². The summed E-state index contributed by atoms with van der Waals surface area (Å²) in [5, 5.41) is 0. The normalized spacial score (nSPS) is 12.1. The van der Waals surface area contributed by atoms with Gasteiger partial charge in [0.25, 0.3) is 0 Å². The van der Waals surface area contributed by atoms with Gasteiger partial charge < -0.3 is 10.6 Å². The molecule has 2 amide bonds. The lowest BCUT2D eigenvalue weighted by molar-refractivity contribution is -0.141. The Kier molecular flexibility index (Phi) is 39.8. The Hall–Kier alpha value is -1.06. The van der Waals surface area contributed by atoms with Crippen LogP contribution in [0.15, 0.2) is 0 Å². The highest BCUT2D eigenvalue weighted by atomic mass is 16.2. The van der Waals surface area contributed by atoms with E-state index in [1.54, 1.807) is 0 Å². The van der Waals surface area contributed by atoms with Crippen molar-refractivity contribution in [1.82, 2.24) is 4.90 Å². The van der Waals surface area contributed by atoms with Gasteiger partial charge in [-0.1, -0.05) is 245 Å². The van der Waals surface area contributed by atoms with Gasteiger partial charge >= 0.3 is 0 Å². The van der Waals surface area contributed by atoms with E-state index in [4.69, 9.17) is 5.73 Å². The summed E-state index contributed by atoms with van der Waals surface area (Å²) in [6.07, 6.45) is 49.2. The average molecular weight is 705 g/mol. The summed E-state index contributed by atoms with van der Waals surface area (Å²) >= 11 is 0. The second-order valence-electron chi connectivity index (χ2n) is 16.1. The Morgan fingerprint density at radius 3 is 0.820 bits per heavy atom. The Bertz CT molecular complexity index is 672. The van der Waals surface area contributed by atoms with Crippen molar-refractivity contribution < 1.29 is 9.59 Å². The molecule has 1 atom stereocenters. The van der Waals surface area contributed by atoms with Crippen LogP contribution < -0.4 is 5.73 Å². The number of nitrogens with zero attached hydrogens (tertiary/aromatic N) is 1. The van der Waals surface area contributed by atoms with Gasteiger partial charge in [0.1, 0.15) is 5.92 Å². The molecule has 0 rings (SSSR count). The number of primary amides is 1. The molecular formula is C46H92N2O2. The molecule has 0 saturated heterocycles. The molecule has 0 aliphatic heterocycles. The number of carbonyl (C=O) groups is 2. The van der Waals surface area contributed by atoms with Crippen LogP contribution in [-0.4, -0.2) is 29.8 Å². The lowest BCUT2D eigenvalue weighted by Gasteiger charge is -2.26. The van der Waals surface area contributed by atoms with Gasteiger partial charge in [-0.3, -0.25) is 9.59 Å². The first-order valence-electron chi connectivity index (χ1n) is 23.2. The fourth-order valence-electron chi connectivity index (χ4n) is 7.59. The van der Waals surface area contributed by atoms with Gasteiger partial charge in [0.15, 0.2) is 0 Å². The highest BCUT2D eigenvalue weighted by Crippen LogP contribution is 2.19. The van der Waals surface area contributed by atoms with E-state index in [-0.39, 0.29) is 5.91 Å². The number of amides is 2. The quantitative estimate of drug-likeness (QED) is 0.0508. The van der Waals surface area contributed by atoms with Crippen LogP contribution in [-0.2, 0) is 9.59 Å². The first-order valence-corrected chi connectivity index (χ1v) is 23.2. The Balaban J connectivity index is 4.34. The van der Waals surface area contributed by atoms with Crippen molar-refractivity contribution in [3.05, 3.63) is 0 Å². The standard InChI is InChI=1S/C46H92N2O2/c1-4-7-10-13-16-19-22-23-24-25-26-27-28-29-32-35-38-41-44(45(47)49)46(50)48(42-39-36-33-30-20-17-14-11-8-5-2)43-40-37-34-31-21-18-15-12-9-6-3/h44H,4-43H2,1-3H3,(H2,47,49). The topological polar surface area (TPSA) is 63.4 Å². The van der Waals surface area contributed by atoms with Crippen molar-refractivity contribution in [2.24, 2.45) is 11.7 Å². The van der Waals surface area contributed by atoms with Crippen LogP contribution in [0.25, 0.3) is 0 Å². The number of nitrogens with two attached hydrogens (primary N) is 1. The summed E-state index contributed by atoms with van der Waals surface area (Å²) in [5.41, 5.74) is 5.87. The molecular weight excluding hydrogens is 613 g/mol. The molecule has 1 unspecified atom stereocenters. The zero-order valence-electron chi connectivity index (χ0n) is 34.7. The number of hydrogen-bond donors (Lipinski definition) is 1. The van der Waals surface area contributed by atoms with E-state index in [2.05, 4.69) is 20.8 Å². The van der Waals surface area contributed by atoms with E-state index in [1.807, 2.05) is 4.90 Å². The maximum Gasteiger partial charge on any atom is 0.235 e. The van der Waals surface area contributed by atoms with Crippen molar-refractivity contribution in [2.45, 2.75) is 265 Å². The highest BCUT2D eigenvalue weighted by Gasteiger charge is 2.28. The number of rotatable bonds is 42. The maximum absolute atomic E-state index is 13.7. The Labute approximate surface area is 315 Å². The fourth-order valence-corrected chi connectivity index (χ4v) is 7.59. The van der Waals surface area contributed by atoms with Crippen LogP contribution in [0.4, 0.5) is 0 Å². The molecule has 0 bridgehead atoms. The van der Waals surface area contributed by atoms with E-state index in [1.165, 1.54) is 212 Å². The van der Waals surface area contributed by atoms with Gasteiger partial charge in [-0.05, 0) is 19.3 Å². The van der Waals surface area contributed by atoms with Crippen LogP contribution >= 0.6 is 0 Å². The lowest BCUT2D eigenvalue weighted by Crippen LogP contribution is -2.42. The summed E-state index contributed by atoms with van der Waals surface area (Å²) < 4.78 is 0. The fraction of sp³-hybridized carbons (Fsp3) is 0.957. The monoisotopic (exact) mass is 705 g/mol. The average Bonchev–Trinajstić information content (AvgIpc) is 3.11. The minimum absolute atomic E-state index is 0.0147. The molecule has 0 saturated carbocycles. The predicted molar refractivity (Wildman–Crippen MR) is 222 cm³/mol. The SMILES string of the molecule is CCCCCCCCCCCCCCCCCCCC(C(N)=O)C(=O)N(CCCCCCCCCCCC)CCCCCCCCCCCC. The van der Waals surface area contributed by atoms with Crippen molar-refractivity contribution in [2.75, 3.05) is 13.1 Å². The maximum atomic E-state index is 13.7. The second-order valence-corrected chi connectivity index (χ2v) is 16.1. The van der Waals surface area contributed by atoms with Gasteiger partial charge in [0.05, 0.1) is 0 Å². The third kappa shape index (κ3) is 34.0. The minimum atomic E-state index is -0.641. The summed E-state index contributed by atoms with van der Waals surface area (Å²) in [5.74, 6) is -1.04. The Morgan fingerprint density at radius 1 is 0.360 bits per heavy atom. The molecule has 0 aliphatic carbocycles. The van der Waals surface area contributed by atoms with Crippen LogP contribution in [0.5, 0.6) is 0 Å². The molecule has 0 aliphatic rings. The first-order chi connectivity index (χ1) is 24.6. The summed E-state index contributed by atoms with van der Waals surface area (Å²) in [6, 6.07) is 0. The molecule has 4 nitrogen and oxygen atoms in total. The van der Waals surface area contributed by atoms with Crippen LogP contribution in [0.3, 0.4) is 0 Å². The zero-order valence-corrected chi connectivity index (χ0v) is 34.7. The molecule has 0 fully saturated rings. The van der Waals surface area contributed by atoms with Gasteiger partial charge in [0, 0.05) is 13.1 Å². The van der Waals surface area contributed by atoms with E-state index in [9.17, 15) is 9.59 Å². The number of unbranched alkanes of at least 4 members (excludes halogenated alkanes) is 34. The molecule has 298 valence electrons. The van der Waals surface area contributed by atoms with Crippen molar-refractivity contribution >= 4 is 11.8 Å². The summed E-state index contributed by atoms with van der Waals surface area (Å²) in [7, 11) is 0. The summed E-state index contributed by atoms with van der Waals surface area (Å²) in [6.45, 7) is 8.42. The molecule has 0 heterocycles. The minimum Gasteiger partial charge on any atom is -0.369 e. The molecule has 0 radical (unpaired) electrons. The van der Waals surface area contributed by atoms with Crippen LogP contribution in [0.1, 0.15) is 265 Å². The Morgan fingerprint density at radius 2 is 0.580 bits per heavy atom. The van der Waals surface area contributed by atoms with Gasteiger partial charge in [-0.15, -0.1) is 0 Å². The number of hydrogen-bond acceptors (Lipinski definition) is 2. The summed E-state index contributed by atoms with van der Waals surface area (Å²) in [4.78, 5) is 28.2.